The molecule has 0 aromatic carbocycles. The molecule has 0 heterocycles. The Morgan fingerprint density at radius 3 is 2.85 bits per heavy atom. The first-order chi connectivity index (χ1) is 9.68. The molecule has 4 heteroatoms. The molecular weight excluding hydrogens is 254 g/mol. The zero-order valence-electron chi connectivity index (χ0n) is 13.5. The SMILES string of the molecule is CCCNC1(CO)CCCC1CCOC(C)COCC. The second-order valence-corrected chi connectivity index (χ2v) is 5.96. The molecule has 0 saturated heterocycles. The molecule has 4 nitrogen and oxygen atoms in total. The molecule has 1 aliphatic carbocycles. The number of nitrogens with one attached hydrogen (secondary N) is 1. The maximum atomic E-state index is 9.81. The average Bonchev–Trinajstić information content (AvgIpc) is 2.86. The molecule has 0 radical (unpaired) electrons. The van der Waals surface area contributed by atoms with Crippen LogP contribution in [-0.2, 0) is 9.47 Å². The van der Waals surface area contributed by atoms with Gasteiger partial charge in [0.05, 0.1) is 19.3 Å². The highest BCUT2D eigenvalue weighted by Crippen LogP contribution is 2.37. The van der Waals surface area contributed by atoms with Crippen molar-refractivity contribution in [3.8, 4) is 0 Å². The Labute approximate surface area is 124 Å². The van der Waals surface area contributed by atoms with E-state index >= 15 is 0 Å². The van der Waals surface area contributed by atoms with Crippen molar-refractivity contribution in [2.45, 2.75) is 64.5 Å². The lowest BCUT2D eigenvalue weighted by atomic mass is 9.85. The van der Waals surface area contributed by atoms with Crippen LogP contribution in [0.4, 0.5) is 0 Å². The Kier molecular flexibility index (Phi) is 8.69. The highest BCUT2D eigenvalue weighted by molar-refractivity contribution is 4.98. The summed E-state index contributed by atoms with van der Waals surface area (Å²) in [5.74, 6) is 0.526. The van der Waals surface area contributed by atoms with Crippen LogP contribution in [0.5, 0.6) is 0 Å². The van der Waals surface area contributed by atoms with Crippen molar-refractivity contribution < 1.29 is 14.6 Å². The van der Waals surface area contributed by atoms with Crippen molar-refractivity contribution in [2.75, 3.05) is 33.0 Å². The molecule has 120 valence electrons. The van der Waals surface area contributed by atoms with Crippen LogP contribution >= 0.6 is 0 Å². The average molecular weight is 287 g/mol. The summed E-state index contributed by atoms with van der Waals surface area (Å²) in [6.07, 6.45) is 5.77. The lowest BCUT2D eigenvalue weighted by Gasteiger charge is -2.35. The first-order valence-corrected chi connectivity index (χ1v) is 8.23. The van der Waals surface area contributed by atoms with Crippen molar-refractivity contribution >= 4 is 0 Å². The normalized spacial score (nSPS) is 27.9. The van der Waals surface area contributed by atoms with Crippen LogP contribution in [0, 0.1) is 5.92 Å². The Hall–Kier alpha value is -0.160. The monoisotopic (exact) mass is 287 g/mol. The number of ether oxygens (including phenoxy) is 2. The van der Waals surface area contributed by atoms with Crippen molar-refractivity contribution in [2.24, 2.45) is 5.92 Å². The Balaban J connectivity index is 2.33. The Morgan fingerprint density at radius 1 is 1.40 bits per heavy atom. The standard InChI is InChI=1S/C16H33NO3/c1-4-10-17-16(13-18)9-6-7-15(16)8-11-20-14(3)12-19-5-2/h14-15,17-18H,4-13H2,1-3H3. The van der Waals surface area contributed by atoms with Gasteiger partial charge in [0.25, 0.3) is 0 Å². The van der Waals surface area contributed by atoms with E-state index in [0.717, 1.165) is 39.0 Å². The largest absolute Gasteiger partial charge is 0.394 e. The summed E-state index contributed by atoms with van der Waals surface area (Å²) >= 11 is 0. The number of aliphatic hydroxyl groups excluding tert-OH is 1. The maximum absolute atomic E-state index is 9.81. The molecule has 1 rings (SSSR count). The molecule has 20 heavy (non-hydrogen) atoms. The minimum absolute atomic E-state index is 0.0669. The number of hydrogen-bond acceptors (Lipinski definition) is 4. The highest BCUT2D eigenvalue weighted by Gasteiger charge is 2.41. The molecule has 3 unspecified atom stereocenters. The van der Waals surface area contributed by atoms with Gasteiger partial charge < -0.3 is 19.9 Å². The summed E-state index contributed by atoms with van der Waals surface area (Å²) in [5.41, 5.74) is -0.0669. The fourth-order valence-corrected chi connectivity index (χ4v) is 3.18. The van der Waals surface area contributed by atoms with E-state index < -0.39 is 0 Å². The molecule has 0 spiro atoms. The lowest BCUT2D eigenvalue weighted by molar-refractivity contribution is -0.0127. The van der Waals surface area contributed by atoms with Crippen LogP contribution in [0.3, 0.4) is 0 Å². The molecule has 0 amide bonds. The summed E-state index contributed by atoms with van der Waals surface area (Å²) in [7, 11) is 0. The summed E-state index contributed by atoms with van der Waals surface area (Å²) in [6.45, 7) is 9.62. The molecule has 2 N–H and O–H groups in total. The third-order valence-corrected chi connectivity index (χ3v) is 4.39. The fraction of sp³-hybridized carbons (Fsp3) is 1.00. The van der Waals surface area contributed by atoms with E-state index in [1.807, 2.05) is 6.92 Å². The van der Waals surface area contributed by atoms with E-state index in [9.17, 15) is 5.11 Å². The van der Waals surface area contributed by atoms with Gasteiger partial charge >= 0.3 is 0 Å². The van der Waals surface area contributed by atoms with E-state index in [4.69, 9.17) is 9.47 Å². The van der Waals surface area contributed by atoms with Crippen LogP contribution in [0.25, 0.3) is 0 Å². The van der Waals surface area contributed by atoms with Crippen LogP contribution in [0.2, 0.25) is 0 Å². The van der Waals surface area contributed by atoms with Gasteiger partial charge in [-0.1, -0.05) is 13.3 Å². The molecule has 1 fully saturated rings. The van der Waals surface area contributed by atoms with Gasteiger partial charge in [-0.2, -0.15) is 0 Å². The zero-order chi connectivity index (χ0) is 14.8. The maximum Gasteiger partial charge on any atom is 0.0780 e. The van der Waals surface area contributed by atoms with Gasteiger partial charge in [-0.3, -0.25) is 0 Å². The van der Waals surface area contributed by atoms with Gasteiger partial charge in [-0.05, 0) is 52.0 Å². The first kappa shape index (κ1) is 17.9. The van der Waals surface area contributed by atoms with E-state index in [1.54, 1.807) is 0 Å². The molecule has 3 atom stereocenters. The van der Waals surface area contributed by atoms with Gasteiger partial charge in [0.1, 0.15) is 0 Å². The van der Waals surface area contributed by atoms with E-state index in [2.05, 4.69) is 19.2 Å². The minimum Gasteiger partial charge on any atom is -0.394 e. The second-order valence-electron chi connectivity index (χ2n) is 5.96. The van der Waals surface area contributed by atoms with Crippen molar-refractivity contribution in [3.63, 3.8) is 0 Å². The Morgan fingerprint density at radius 2 is 2.20 bits per heavy atom. The second kappa shape index (κ2) is 9.72. The first-order valence-electron chi connectivity index (χ1n) is 8.23. The molecule has 0 aromatic heterocycles. The van der Waals surface area contributed by atoms with Crippen LogP contribution in [0.1, 0.15) is 52.9 Å². The van der Waals surface area contributed by atoms with Gasteiger partial charge in [0.2, 0.25) is 0 Å². The van der Waals surface area contributed by atoms with E-state index in [1.165, 1.54) is 12.8 Å². The zero-order valence-corrected chi connectivity index (χ0v) is 13.5. The molecule has 1 saturated carbocycles. The van der Waals surface area contributed by atoms with Crippen molar-refractivity contribution in [1.29, 1.82) is 0 Å². The van der Waals surface area contributed by atoms with Crippen LogP contribution < -0.4 is 5.32 Å². The molecular formula is C16H33NO3. The van der Waals surface area contributed by atoms with E-state index in [-0.39, 0.29) is 18.2 Å². The highest BCUT2D eigenvalue weighted by atomic mass is 16.5. The van der Waals surface area contributed by atoms with Crippen molar-refractivity contribution in [3.05, 3.63) is 0 Å². The quantitative estimate of drug-likeness (QED) is 0.612. The lowest BCUT2D eigenvalue weighted by Crippen LogP contribution is -2.52. The van der Waals surface area contributed by atoms with Crippen molar-refractivity contribution in [1.82, 2.24) is 5.32 Å². The number of aliphatic hydroxyl groups is 1. The third kappa shape index (κ3) is 5.32. The number of hydrogen-bond donors (Lipinski definition) is 2. The summed E-state index contributed by atoms with van der Waals surface area (Å²) in [5, 5.41) is 13.4. The Bertz CT molecular complexity index is 250. The minimum atomic E-state index is -0.0669. The molecule has 0 aromatic rings. The van der Waals surface area contributed by atoms with Gasteiger partial charge in [-0.25, -0.2) is 0 Å². The summed E-state index contributed by atoms with van der Waals surface area (Å²) < 4.78 is 11.2. The summed E-state index contributed by atoms with van der Waals surface area (Å²) in [4.78, 5) is 0. The predicted molar refractivity (Wildman–Crippen MR) is 82.0 cm³/mol. The predicted octanol–water partition coefficient (Wildman–Crippen LogP) is 2.35. The third-order valence-electron chi connectivity index (χ3n) is 4.39. The molecule has 1 aliphatic rings. The van der Waals surface area contributed by atoms with Crippen LogP contribution in [0.15, 0.2) is 0 Å². The van der Waals surface area contributed by atoms with Gasteiger partial charge in [-0.15, -0.1) is 0 Å². The topological polar surface area (TPSA) is 50.7 Å². The molecule has 0 aliphatic heterocycles. The van der Waals surface area contributed by atoms with Gasteiger partial charge in [0, 0.05) is 18.8 Å². The van der Waals surface area contributed by atoms with E-state index in [0.29, 0.717) is 12.5 Å². The van der Waals surface area contributed by atoms with Gasteiger partial charge in [0.15, 0.2) is 0 Å². The number of rotatable bonds is 11. The molecule has 0 bridgehead atoms. The fourth-order valence-electron chi connectivity index (χ4n) is 3.18. The van der Waals surface area contributed by atoms with Crippen LogP contribution in [-0.4, -0.2) is 49.7 Å². The summed E-state index contributed by atoms with van der Waals surface area (Å²) in [6, 6.07) is 0. The smallest absolute Gasteiger partial charge is 0.0780 e.